The van der Waals surface area contributed by atoms with Gasteiger partial charge in [-0.2, -0.15) is 0 Å². The van der Waals surface area contributed by atoms with Gasteiger partial charge in [0.05, 0.1) is 6.54 Å². The van der Waals surface area contributed by atoms with Gasteiger partial charge in [0.1, 0.15) is 12.6 Å². The van der Waals surface area contributed by atoms with Crippen molar-refractivity contribution >= 4 is 12.1 Å². The molecule has 6 nitrogen and oxygen atoms in total. The van der Waals surface area contributed by atoms with Gasteiger partial charge in [0.25, 0.3) is 0 Å². The van der Waals surface area contributed by atoms with Crippen LogP contribution in [0, 0.1) is 0 Å². The summed E-state index contributed by atoms with van der Waals surface area (Å²) in [5.41, 5.74) is 0.728. The smallest absolute Gasteiger partial charge is 0.411 e. The highest BCUT2D eigenvalue weighted by atomic mass is 16.6. The van der Waals surface area contributed by atoms with E-state index in [1.807, 2.05) is 0 Å². The van der Waals surface area contributed by atoms with Crippen LogP contribution in [0.2, 0.25) is 0 Å². The zero-order valence-corrected chi connectivity index (χ0v) is 10.7. The highest BCUT2D eigenvalue weighted by Crippen LogP contribution is 2.09. The highest BCUT2D eigenvalue weighted by Gasteiger charge is 2.26. The molecule has 1 aromatic rings. The highest BCUT2D eigenvalue weighted by molar-refractivity contribution is 5.79. The number of nitrogens with zero attached hydrogens (tertiary/aromatic N) is 2. The Bertz CT molecular complexity index is 447. The average molecular weight is 264 g/mol. The first-order valence-electron chi connectivity index (χ1n) is 5.72. The minimum atomic E-state index is -1.10. The number of ether oxygens (including phenoxy) is 1. The van der Waals surface area contributed by atoms with Crippen LogP contribution in [0.1, 0.15) is 12.5 Å². The molecular formula is C13H16N2O4. The van der Waals surface area contributed by atoms with Gasteiger partial charge in [-0.15, -0.1) is 0 Å². The molecule has 1 rings (SSSR count). The summed E-state index contributed by atoms with van der Waals surface area (Å²) in [6.07, 6.45) is 3.90. The topological polar surface area (TPSA) is 79.7 Å². The van der Waals surface area contributed by atoms with Crippen LogP contribution in [0.5, 0.6) is 0 Å². The zero-order chi connectivity index (χ0) is 14.3. The molecule has 0 bridgehead atoms. The molecule has 0 spiro atoms. The second-order valence-corrected chi connectivity index (χ2v) is 3.87. The van der Waals surface area contributed by atoms with Crippen LogP contribution in [-0.4, -0.2) is 39.7 Å². The second-order valence-electron chi connectivity index (χ2n) is 3.87. The second kappa shape index (κ2) is 7.15. The molecule has 6 heteroatoms. The van der Waals surface area contributed by atoms with E-state index in [-0.39, 0.29) is 13.2 Å². The fraction of sp³-hybridized carbons (Fsp3) is 0.308. The summed E-state index contributed by atoms with van der Waals surface area (Å²) in [5, 5.41) is 9.02. The first kappa shape index (κ1) is 14.7. The van der Waals surface area contributed by atoms with E-state index in [0.717, 1.165) is 10.5 Å². The van der Waals surface area contributed by atoms with Crippen molar-refractivity contribution in [2.75, 3.05) is 6.61 Å². The van der Waals surface area contributed by atoms with Crippen molar-refractivity contribution in [3.63, 3.8) is 0 Å². The van der Waals surface area contributed by atoms with Gasteiger partial charge in [-0.05, 0) is 18.6 Å². The summed E-state index contributed by atoms with van der Waals surface area (Å²) < 4.78 is 4.88. The summed E-state index contributed by atoms with van der Waals surface area (Å²) in [5.74, 6) is -1.10. The molecule has 0 saturated heterocycles. The van der Waals surface area contributed by atoms with Crippen molar-refractivity contribution in [1.82, 2.24) is 9.88 Å². The van der Waals surface area contributed by atoms with Crippen LogP contribution >= 0.6 is 0 Å². The van der Waals surface area contributed by atoms with Gasteiger partial charge >= 0.3 is 12.1 Å². The summed E-state index contributed by atoms with van der Waals surface area (Å²) >= 11 is 0. The lowest BCUT2D eigenvalue weighted by Gasteiger charge is -2.25. The Kier molecular flexibility index (Phi) is 5.53. The van der Waals surface area contributed by atoms with Crippen LogP contribution in [0.15, 0.2) is 37.2 Å². The molecule has 0 aromatic carbocycles. The zero-order valence-electron chi connectivity index (χ0n) is 10.7. The lowest BCUT2D eigenvalue weighted by molar-refractivity contribution is -0.142. The third kappa shape index (κ3) is 4.42. The number of rotatable bonds is 6. The molecule has 0 aliphatic carbocycles. The number of aromatic nitrogens is 1. The van der Waals surface area contributed by atoms with Crippen LogP contribution in [-0.2, 0) is 16.1 Å². The van der Waals surface area contributed by atoms with Gasteiger partial charge in [0.15, 0.2) is 0 Å². The quantitative estimate of drug-likeness (QED) is 0.791. The third-order valence-electron chi connectivity index (χ3n) is 2.46. The largest absolute Gasteiger partial charge is 0.480 e. The standard InChI is InChI=1S/C13H16N2O4/c1-3-7-19-13(18)15(10(2)12(16)17)9-11-5-4-6-14-8-11/h3-6,8,10H,1,7,9H2,2H3,(H,16,17). The van der Waals surface area contributed by atoms with E-state index < -0.39 is 18.1 Å². The van der Waals surface area contributed by atoms with Gasteiger partial charge < -0.3 is 9.84 Å². The van der Waals surface area contributed by atoms with E-state index in [1.165, 1.54) is 13.0 Å². The maximum atomic E-state index is 11.8. The number of carboxylic acids is 1. The van der Waals surface area contributed by atoms with Crippen molar-refractivity contribution < 1.29 is 19.4 Å². The predicted octanol–water partition coefficient (Wildman–Crippen LogP) is 1.68. The van der Waals surface area contributed by atoms with E-state index in [0.29, 0.717) is 0 Å². The first-order chi connectivity index (χ1) is 9.06. The number of carbonyl (C=O) groups excluding carboxylic acids is 1. The fourth-order valence-electron chi connectivity index (χ4n) is 1.39. The lowest BCUT2D eigenvalue weighted by Crippen LogP contribution is -2.43. The number of hydrogen-bond donors (Lipinski definition) is 1. The Labute approximate surface area is 111 Å². The third-order valence-corrected chi connectivity index (χ3v) is 2.46. The van der Waals surface area contributed by atoms with Crippen LogP contribution in [0.4, 0.5) is 4.79 Å². The van der Waals surface area contributed by atoms with Gasteiger partial charge in [0.2, 0.25) is 0 Å². The summed E-state index contributed by atoms with van der Waals surface area (Å²) in [7, 11) is 0. The van der Waals surface area contributed by atoms with Crippen LogP contribution in [0.25, 0.3) is 0 Å². The van der Waals surface area contributed by atoms with E-state index in [2.05, 4.69) is 11.6 Å². The van der Waals surface area contributed by atoms with E-state index >= 15 is 0 Å². The number of aliphatic carboxylic acids is 1. The van der Waals surface area contributed by atoms with Crippen molar-refractivity contribution in [3.8, 4) is 0 Å². The maximum Gasteiger partial charge on any atom is 0.411 e. The molecule has 1 N–H and O–H groups in total. The predicted molar refractivity (Wildman–Crippen MR) is 68.4 cm³/mol. The number of carbonyl (C=O) groups is 2. The molecule has 19 heavy (non-hydrogen) atoms. The molecule has 0 aliphatic heterocycles. The molecule has 0 saturated carbocycles. The Morgan fingerprint density at radius 2 is 2.37 bits per heavy atom. The molecule has 1 aromatic heterocycles. The van der Waals surface area contributed by atoms with Crippen molar-refractivity contribution in [1.29, 1.82) is 0 Å². The monoisotopic (exact) mass is 264 g/mol. The molecule has 0 radical (unpaired) electrons. The maximum absolute atomic E-state index is 11.8. The van der Waals surface area contributed by atoms with E-state index in [4.69, 9.17) is 9.84 Å². The molecule has 1 atom stereocenters. The van der Waals surface area contributed by atoms with Gasteiger partial charge in [-0.3, -0.25) is 9.88 Å². The number of amides is 1. The van der Waals surface area contributed by atoms with Crippen LogP contribution < -0.4 is 0 Å². The van der Waals surface area contributed by atoms with Gasteiger partial charge in [0, 0.05) is 12.4 Å². The van der Waals surface area contributed by atoms with Crippen molar-refractivity contribution in [2.24, 2.45) is 0 Å². The van der Waals surface area contributed by atoms with Crippen molar-refractivity contribution in [3.05, 3.63) is 42.7 Å². The minimum Gasteiger partial charge on any atom is -0.480 e. The number of pyridine rings is 1. The molecule has 102 valence electrons. The normalized spacial score (nSPS) is 11.4. The van der Waals surface area contributed by atoms with Crippen LogP contribution in [0.3, 0.4) is 0 Å². The van der Waals surface area contributed by atoms with Gasteiger partial charge in [-0.1, -0.05) is 18.7 Å². The molecule has 0 aliphatic rings. The Hall–Kier alpha value is -2.37. The molecular weight excluding hydrogens is 248 g/mol. The SMILES string of the molecule is C=CCOC(=O)N(Cc1cccnc1)C(C)C(=O)O. The Balaban J connectivity index is 2.83. The molecule has 0 fully saturated rings. The average Bonchev–Trinajstić information content (AvgIpc) is 2.42. The molecule has 1 amide bonds. The molecule has 1 unspecified atom stereocenters. The van der Waals surface area contributed by atoms with E-state index in [1.54, 1.807) is 24.5 Å². The first-order valence-corrected chi connectivity index (χ1v) is 5.72. The Morgan fingerprint density at radius 1 is 1.63 bits per heavy atom. The lowest BCUT2D eigenvalue weighted by atomic mass is 10.2. The van der Waals surface area contributed by atoms with Crippen molar-refractivity contribution in [2.45, 2.75) is 19.5 Å². The summed E-state index contributed by atoms with van der Waals surface area (Å²) in [6, 6.07) is 2.49. The minimum absolute atomic E-state index is 0.0364. The number of carboxylic acid groups (broad SMARTS) is 1. The van der Waals surface area contributed by atoms with E-state index in [9.17, 15) is 9.59 Å². The summed E-state index contributed by atoms with van der Waals surface area (Å²) in [4.78, 5) is 27.9. The molecule has 1 heterocycles. The Morgan fingerprint density at radius 3 is 2.89 bits per heavy atom. The summed E-state index contributed by atoms with van der Waals surface area (Å²) in [6.45, 7) is 5.02. The fourth-order valence-corrected chi connectivity index (χ4v) is 1.39. The number of hydrogen-bond acceptors (Lipinski definition) is 4. The van der Waals surface area contributed by atoms with Gasteiger partial charge in [-0.25, -0.2) is 9.59 Å².